The van der Waals surface area contributed by atoms with Crippen molar-refractivity contribution in [1.82, 2.24) is 5.32 Å². The Morgan fingerprint density at radius 3 is 2.68 bits per heavy atom. The molecule has 1 unspecified atom stereocenters. The van der Waals surface area contributed by atoms with Crippen LogP contribution in [0.4, 0.5) is 0 Å². The van der Waals surface area contributed by atoms with Gasteiger partial charge in [-0.2, -0.15) is 0 Å². The normalized spacial score (nSPS) is 27.7. The molecular formula is C15H19NO6. The Morgan fingerprint density at radius 2 is 2.09 bits per heavy atom. The second kappa shape index (κ2) is 7.46. The summed E-state index contributed by atoms with van der Waals surface area (Å²) in [7, 11) is 0. The molecule has 0 bridgehead atoms. The molecule has 1 heterocycles. The number of carbonyl (C=O) groups excluding carboxylic acids is 2. The number of hydrogen-bond donors (Lipinski definition) is 3. The zero-order valence-electron chi connectivity index (χ0n) is 12.1. The maximum Gasteiger partial charge on any atom is 0.217 e. The highest BCUT2D eigenvalue weighted by molar-refractivity contribution is 5.77. The van der Waals surface area contributed by atoms with E-state index in [0.717, 1.165) is 5.56 Å². The van der Waals surface area contributed by atoms with Gasteiger partial charge in [0.25, 0.3) is 0 Å². The monoisotopic (exact) mass is 309 g/mol. The highest BCUT2D eigenvalue weighted by Crippen LogP contribution is 2.28. The van der Waals surface area contributed by atoms with Crippen molar-refractivity contribution in [2.45, 2.75) is 37.6 Å². The molecule has 1 aromatic carbocycles. The number of nitrogens with one attached hydrogen (secondary N) is 1. The number of hydrogen-bond acceptors (Lipinski definition) is 6. The van der Waals surface area contributed by atoms with Crippen LogP contribution in [0.15, 0.2) is 30.3 Å². The van der Waals surface area contributed by atoms with Crippen LogP contribution in [0.3, 0.4) is 0 Å². The molecule has 1 amide bonds. The summed E-state index contributed by atoms with van der Waals surface area (Å²) in [4.78, 5) is 22.1. The largest absolute Gasteiger partial charge is 0.388 e. The summed E-state index contributed by atoms with van der Waals surface area (Å²) in [5.41, 5.74) is 0.730. The van der Waals surface area contributed by atoms with E-state index in [2.05, 4.69) is 5.32 Å². The van der Waals surface area contributed by atoms with Crippen molar-refractivity contribution in [3.05, 3.63) is 35.9 Å². The van der Waals surface area contributed by atoms with Crippen LogP contribution in [-0.4, -0.2) is 53.4 Å². The van der Waals surface area contributed by atoms with Crippen LogP contribution in [0.1, 0.15) is 18.8 Å². The Hall–Kier alpha value is -1.80. The van der Waals surface area contributed by atoms with E-state index in [9.17, 15) is 19.8 Å². The van der Waals surface area contributed by atoms with Gasteiger partial charge in [-0.25, -0.2) is 0 Å². The molecule has 1 aromatic rings. The molecule has 0 saturated carbocycles. The van der Waals surface area contributed by atoms with Gasteiger partial charge in [0.1, 0.15) is 30.6 Å². The van der Waals surface area contributed by atoms with Crippen molar-refractivity contribution in [3.63, 3.8) is 0 Å². The quantitative estimate of drug-likeness (QED) is 0.635. The van der Waals surface area contributed by atoms with E-state index in [1.54, 1.807) is 12.1 Å². The fourth-order valence-electron chi connectivity index (χ4n) is 2.29. The fourth-order valence-corrected chi connectivity index (χ4v) is 2.29. The standard InChI is InChI=1S/C15H19NO6/c1-9(18)16-11(7-17)13(20)14-12(19)8-21-15(22-14)10-5-3-2-4-6-10/h2-7,11-15,19-20H,8H2,1H3,(H,16,18)/t11-,12+,13+,14+,15?/m0/s1. The highest BCUT2D eigenvalue weighted by Gasteiger charge is 2.40. The summed E-state index contributed by atoms with van der Waals surface area (Å²) in [5, 5.41) is 22.5. The van der Waals surface area contributed by atoms with Crippen LogP contribution in [-0.2, 0) is 19.1 Å². The van der Waals surface area contributed by atoms with Gasteiger partial charge in [-0.1, -0.05) is 30.3 Å². The average Bonchev–Trinajstić information content (AvgIpc) is 2.53. The average molecular weight is 309 g/mol. The van der Waals surface area contributed by atoms with E-state index in [4.69, 9.17) is 9.47 Å². The van der Waals surface area contributed by atoms with Gasteiger partial charge in [-0.15, -0.1) is 0 Å². The molecule has 120 valence electrons. The van der Waals surface area contributed by atoms with Gasteiger partial charge < -0.3 is 29.8 Å². The minimum absolute atomic E-state index is 0.0487. The van der Waals surface area contributed by atoms with Gasteiger partial charge >= 0.3 is 0 Å². The Balaban J connectivity index is 2.10. The number of aldehydes is 1. The van der Waals surface area contributed by atoms with E-state index in [1.165, 1.54) is 6.92 Å². The smallest absolute Gasteiger partial charge is 0.217 e. The topological polar surface area (TPSA) is 105 Å². The van der Waals surface area contributed by atoms with Crippen LogP contribution < -0.4 is 5.32 Å². The predicted molar refractivity (Wildman–Crippen MR) is 75.7 cm³/mol. The molecule has 0 radical (unpaired) electrons. The van der Waals surface area contributed by atoms with Crippen molar-refractivity contribution in [1.29, 1.82) is 0 Å². The molecule has 1 aliphatic heterocycles. The van der Waals surface area contributed by atoms with Gasteiger partial charge in [0, 0.05) is 12.5 Å². The Labute approximate surface area is 127 Å². The number of aliphatic hydroxyl groups excluding tert-OH is 2. The lowest BCUT2D eigenvalue weighted by atomic mass is 10.0. The van der Waals surface area contributed by atoms with Gasteiger partial charge in [0.05, 0.1) is 6.61 Å². The lowest BCUT2D eigenvalue weighted by Crippen LogP contribution is -2.56. The van der Waals surface area contributed by atoms with Crippen molar-refractivity contribution in [3.8, 4) is 0 Å². The molecular weight excluding hydrogens is 290 g/mol. The number of carbonyl (C=O) groups is 2. The molecule has 0 aliphatic carbocycles. The molecule has 2 rings (SSSR count). The summed E-state index contributed by atoms with van der Waals surface area (Å²) in [5.74, 6) is -0.461. The lowest BCUT2D eigenvalue weighted by molar-refractivity contribution is -0.276. The Kier molecular flexibility index (Phi) is 5.62. The van der Waals surface area contributed by atoms with Crippen molar-refractivity contribution >= 4 is 12.2 Å². The first-order valence-electron chi connectivity index (χ1n) is 6.93. The lowest BCUT2D eigenvalue weighted by Gasteiger charge is -2.38. The third kappa shape index (κ3) is 3.89. The van der Waals surface area contributed by atoms with Crippen LogP contribution in [0.5, 0.6) is 0 Å². The van der Waals surface area contributed by atoms with E-state index in [1.807, 2.05) is 18.2 Å². The van der Waals surface area contributed by atoms with Gasteiger partial charge in [-0.3, -0.25) is 4.79 Å². The first kappa shape index (κ1) is 16.6. The minimum atomic E-state index is -1.38. The van der Waals surface area contributed by atoms with Crippen LogP contribution in [0, 0.1) is 0 Å². The molecule has 1 aliphatic rings. The first-order chi connectivity index (χ1) is 10.5. The number of amides is 1. The number of benzene rings is 1. The van der Waals surface area contributed by atoms with Crippen LogP contribution in [0.2, 0.25) is 0 Å². The zero-order chi connectivity index (χ0) is 16.1. The summed E-state index contributed by atoms with van der Waals surface area (Å²) < 4.78 is 11.0. The van der Waals surface area contributed by atoms with E-state index < -0.39 is 36.6 Å². The third-order valence-electron chi connectivity index (χ3n) is 3.37. The molecule has 7 nitrogen and oxygen atoms in total. The van der Waals surface area contributed by atoms with E-state index >= 15 is 0 Å². The summed E-state index contributed by atoms with van der Waals surface area (Å²) in [6.45, 7) is 1.18. The molecule has 1 fully saturated rings. The van der Waals surface area contributed by atoms with Crippen molar-refractivity contribution in [2.75, 3.05) is 6.61 Å². The zero-order valence-corrected chi connectivity index (χ0v) is 12.1. The molecule has 22 heavy (non-hydrogen) atoms. The molecule has 5 atom stereocenters. The SMILES string of the molecule is CC(=O)N[C@@H](C=O)[C@@H](O)[C@@H]1OC(c2ccccc2)OC[C@H]1O. The second-order valence-corrected chi connectivity index (χ2v) is 5.10. The minimum Gasteiger partial charge on any atom is -0.388 e. The van der Waals surface area contributed by atoms with E-state index in [-0.39, 0.29) is 6.61 Å². The van der Waals surface area contributed by atoms with Crippen LogP contribution in [0.25, 0.3) is 0 Å². The predicted octanol–water partition coefficient (Wildman–Crippen LogP) is -0.474. The number of rotatable bonds is 5. The van der Waals surface area contributed by atoms with Crippen molar-refractivity contribution < 1.29 is 29.3 Å². The van der Waals surface area contributed by atoms with Gasteiger partial charge in [0.2, 0.25) is 5.91 Å². The fraction of sp³-hybridized carbons (Fsp3) is 0.467. The third-order valence-corrected chi connectivity index (χ3v) is 3.37. The number of ether oxygens (including phenoxy) is 2. The Morgan fingerprint density at radius 1 is 1.41 bits per heavy atom. The summed E-state index contributed by atoms with van der Waals surface area (Å²) in [6.07, 6.45) is -3.89. The molecule has 0 spiro atoms. The van der Waals surface area contributed by atoms with Crippen LogP contribution >= 0.6 is 0 Å². The maximum atomic E-state index is 11.1. The second-order valence-electron chi connectivity index (χ2n) is 5.10. The molecule has 7 heteroatoms. The summed E-state index contributed by atoms with van der Waals surface area (Å²) >= 11 is 0. The first-order valence-corrected chi connectivity index (χ1v) is 6.93. The molecule has 3 N–H and O–H groups in total. The molecule has 0 aromatic heterocycles. The number of aliphatic hydroxyl groups is 2. The summed E-state index contributed by atoms with van der Waals surface area (Å²) in [6, 6.07) is 7.88. The van der Waals surface area contributed by atoms with Gasteiger partial charge in [-0.05, 0) is 0 Å². The van der Waals surface area contributed by atoms with Crippen molar-refractivity contribution in [2.24, 2.45) is 0 Å². The maximum absolute atomic E-state index is 11.1. The van der Waals surface area contributed by atoms with E-state index in [0.29, 0.717) is 6.29 Å². The highest BCUT2D eigenvalue weighted by atomic mass is 16.7. The van der Waals surface area contributed by atoms with Gasteiger partial charge in [0.15, 0.2) is 6.29 Å². The molecule has 1 saturated heterocycles. The Bertz CT molecular complexity index is 508.